The first-order valence-corrected chi connectivity index (χ1v) is 21.4. The van der Waals surface area contributed by atoms with E-state index in [9.17, 15) is 0 Å². The smallest absolute Gasteiger partial charge is 0.160 e. The van der Waals surface area contributed by atoms with Gasteiger partial charge in [-0.25, -0.2) is 15.0 Å². The Morgan fingerprint density at radius 1 is 0.328 bits per heavy atom. The summed E-state index contributed by atoms with van der Waals surface area (Å²) in [5, 5.41) is 8.72. The van der Waals surface area contributed by atoms with Crippen molar-refractivity contribution < 1.29 is 0 Å². The summed E-state index contributed by atoms with van der Waals surface area (Å²) < 4.78 is 2.46. The van der Waals surface area contributed by atoms with Crippen LogP contribution in [0.15, 0.2) is 212 Å². The Bertz CT molecular complexity index is 3650. The van der Waals surface area contributed by atoms with Gasteiger partial charge in [0.05, 0.1) is 27.3 Å². The molecule has 0 radical (unpaired) electrons. The van der Waals surface area contributed by atoms with Crippen LogP contribution in [-0.4, -0.2) is 15.0 Å². The van der Waals surface area contributed by atoms with Crippen LogP contribution < -0.4 is 0 Å². The summed E-state index contributed by atoms with van der Waals surface area (Å²) in [6.45, 7) is 0. The minimum absolute atomic E-state index is 0.670. The molecule has 0 fully saturated rings. The molecular formula is C57H35N3S. The van der Waals surface area contributed by atoms with Gasteiger partial charge in [-0.15, -0.1) is 11.3 Å². The van der Waals surface area contributed by atoms with E-state index >= 15 is 0 Å². The summed E-state index contributed by atoms with van der Waals surface area (Å²) in [5.74, 6) is 0.670. The first-order valence-electron chi connectivity index (χ1n) is 20.6. The fourth-order valence-electron chi connectivity index (χ4n) is 8.90. The second-order valence-corrected chi connectivity index (χ2v) is 16.6. The third-order valence-electron chi connectivity index (χ3n) is 11.9. The van der Waals surface area contributed by atoms with Crippen LogP contribution in [0, 0.1) is 0 Å². The number of pyridine rings is 1. The average molecular weight is 794 g/mol. The maximum atomic E-state index is 5.32. The molecule has 0 saturated heterocycles. The Morgan fingerprint density at radius 2 is 0.951 bits per heavy atom. The lowest BCUT2D eigenvalue weighted by molar-refractivity contribution is 1.18. The van der Waals surface area contributed by atoms with Gasteiger partial charge in [-0.3, -0.25) is 0 Å². The number of hydrogen-bond acceptors (Lipinski definition) is 4. The first kappa shape index (κ1) is 35.2. The molecule has 12 rings (SSSR count). The second-order valence-electron chi connectivity index (χ2n) is 15.5. The van der Waals surface area contributed by atoms with Gasteiger partial charge in [-0.05, 0) is 74.1 Å². The van der Waals surface area contributed by atoms with Crippen LogP contribution in [0.1, 0.15) is 0 Å². The minimum atomic E-state index is 0.670. The van der Waals surface area contributed by atoms with Crippen LogP contribution in [0.5, 0.6) is 0 Å². The van der Waals surface area contributed by atoms with E-state index in [-0.39, 0.29) is 0 Å². The van der Waals surface area contributed by atoms with Crippen molar-refractivity contribution in [2.75, 3.05) is 0 Å². The standard InChI is InChI=1S/C57H35N3S/c1-2-13-36(14-3-1)45-19-6-7-20-47(45)52-35-51(43-17-12-16-40(34-43)41-31-32-46-42(33-41)30-25-37-15-4-5-18-44(37)46)59-57(60-52)39-28-26-38(27-29-39)55-56-54(48-21-8-10-23-50(48)58-55)49-22-9-11-24-53(49)61-56/h1-35H. The van der Waals surface area contributed by atoms with E-state index in [1.807, 2.05) is 11.3 Å². The molecule has 3 nitrogen and oxygen atoms in total. The van der Waals surface area contributed by atoms with E-state index in [0.29, 0.717) is 5.82 Å². The molecule has 12 aromatic rings. The summed E-state index contributed by atoms with van der Waals surface area (Å²) in [6.07, 6.45) is 0. The fourth-order valence-corrected chi connectivity index (χ4v) is 10.1. The predicted molar refractivity (Wildman–Crippen MR) is 258 cm³/mol. The third-order valence-corrected chi connectivity index (χ3v) is 13.1. The molecule has 0 saturated carbocycles. The van der Waals surface area contributed by atoms with Crippen molar-refractivity contribution in [2.45, 2.75) is 0 Å². The minimum Gasteiger partial charge on any atom is -0.246 e. The van der Waals surface area contributed by atoms with E-state index in [1.165, 1.54) is 52.7 Å². The molecule has 0 aliphatic rings. The molecule has 284 valence electrons. The molecule has 0 spiro atoms. The van der Waals surface area contributed by atoms with Crippen molar-refractivity contribution >= 4 is 64.0 Å². The van der Waals surface area contributed by atoms with Crippen molar-refractivity contribution in [1.29, 1.82) is 0 Å². The van der Waals surface area contributed by atoms with Gasteiger partial charge in [-0.1, -0.05) is 182 Å². The Morgan fingerprint density at radius 3 is 1.84 bits per heavy atom. The monoisotopic (exact) mass is 793 g/mol. The Labute approximate surface area is 356 Å². The molecule has 0 amide bonds. The molecule has 61 heavy (non-hydrogen) atoms. The SMILES string of the molecule is c1ccc(-c2ccccc2-c2cc(-c3cccc(-c4ccc5c(ccc6ccccc65)c4)c3)nc(-c3ccc(-c4nc5ccccc5c5c4sc4ccccc45)cc3)n2)cc1. The predicted octanol–water partition coefficient (Wildman–Crippen LogP) is 15.7. The summed E-state index contributed by atoms with van der Waals surface area (Å²) in [5.41, 5.74) is 12.4. The summed E-state index contributed by atoms with van der Waals surface area (Å²) >= 11 is 1.81. The molecule has 3 heterocycles. The van der Waals surface area contributed by atoms with Crippen molar-refractivity contribution in [3.05, 3.63) is 212 Å². The van der Waals surface area contributed by atoms with E-state index in [0.717, 1.165) is 61.5 Å². The number of hydrogen-bond donors (Lipinski definition) is 0. The molecule has 3 aromatic heterocycles. The van der Waals surface area contributed by atoms with Crippen LogP contribution in [0.4, 0.5) is 0 Å². The topological polar surface area (TPSA) is 38.7 Å². The van der Waals surface area contributed by atoms with E-state index in [4.69, 9.17) is 15.0 Å². The average Bonchev–Trinajstić information content (AvgIpc) is 3.74. The molecule has 0 N–H and O–H groups in total. The van der Waals surface area contributed by atoms with Gasteiger partial charge in [0.15, 0.2) is 5.82 Å². The molecule has 0 bridgehead atoms. The lowest BCUT2D eigenvalue weighted by Gasteiger charge is -2.14. The zero-order valence-corrected chi connectivity index (χ0v) is 33.8. The highest BCUT2D eigenvalue weighted by molar-refractivity contribution is 7.26. The maximum absolute atomic E-state index is 5.32. The number of benzene rings is 9. The van der Waals surface area contributed by atoms with Gasteiger partial charge in [0.1, 0.15) is 0 Å². The van der Waals surface area contributed by atoms with Crippen molar-refractivity contribution in [3.8, 4) is 67.4 Å². The fraction of sp³-hybridized carbons (Fsp3) is 0. The maximum Gasteiger partial charge on any atom is 0.160 e. The molecule has 0 aliphatic carbocycles. The lowest BCUT2D eigenvalue weighted by Crippen LogP contribution is -1.97. The molecule has 0 unspecified atom stereocenters. The number of rotatable bonds is 6. The highest BCUT2D eigenvalue weighted by atomic mass is 32.1. The van der Waals surface area contributed by atoms with Crippen LogP contribution >= 0.6 is 11.3 Å². The van der Waals surface area contributed by atoms with Crippen LogP contribution in [-0.2, 0) is 0 Å². The Balaban J connectivity index is 0.995. The van der Waals surface area contributed by atoms with Crippen LogP contribution in [0.3, 0.4) is 0 Å². The lowest BCUT2D eigenvalue weighted by atomic mass is 9.95. The Kier molecular flexibility index (Phi) is 8.36. The van der Waals surface area contributed by atoms with Crippen LogP contribution in [0.2, 0.25) is 0 Å². The molecular weight excluding hydrogens is 759 g/mol. The highest BCUT2D eigenvalue weighted by Gasteiger charge is 2.18. The molecule has 9 aromatic carbocycles. The van der Waals surface area contributed by atoms with Crippen molar-refractivity contribution in [2.24, 2.45) is 0 Å². The van der Waals surface area contributed by atoms with Crippen molar-refractivity contribution in [3.63, 3.8) is 0 Å². The summed E-state index contributed by atoms with van der Waals surface area (Å²) in [6, 6.07) is 75.5. The summed E-state index contributed by atoms with van der Waals surface area (Å²) in [7, 11) is 0. The van der Waals surface area contributed by atoms with Gasteiger partial charge in [0.25, 0.3) is 0 Å². The molecule has 0 atom stereocenters. The van der Waals surface area contributed by atoms with Gasteiger partial charge in [0, 0.05) is 43.1 Å². The number of aromatic nitrogens is 3. The third kappa shape index (κ3) is 6.16. The van der Waals surface area contributed by atoms with Gasteiger partial charge >= 0.3 is 0 Å². The van der Waals surface area contributed by atoms with Gasteiger partial charge in [0.2, 0.25) is 0 Å². The normalized spacial score (nSPS) is 11.6. The molecule has 4 heteroatoms. The zero-order valence-electron chi connectivity index (χ0n) is 33.0. The number of nitrogens with zero attached hydrogens (tertiary/aromatic N) is 3. The van der Waals surface area contributed by atoms with E-state index in [1.54, 1.807) is 0 Å². The van der Waals surface area contributed by atoms with Crippen LogP contribution in [0.25, 0.3) is 120 Å². The number of thiophene rings is 1. The Hall–Kier alpha value is -7.79. The quantitative estimate of drug-likeness (QED) is 0.157. The summed E-state index contributed by atoms with van der Waals surface area (Å²) in [4.78, 5) is 15.9. The zero-order chi connectivity index (χ0) is 40.3. The highest BCUT2D eigenvalue weighted by Crippen LogP contribution is 2.43. The van der Waals surface area contributed by atoms with E-state index < -0.39 is 0 Å². The van der Waals surface area contributed by atoms with Crippen molar-refractivity contribution in [1.82, 2.24) is 15.0 Å². The number of para-hydroxylation sites is 1. The number of fused-ring (bicyclic) bond motifs is 8. The molecule has 0 aliphatic heterocycles. The van der Waals surface area contributed by atoms with E-state index in [2.05, 4.69) is 212 Å². The largest absolute Gasteiger partial charge is 0.246 e. The first-order chi connectivity index (χ1) is 30.2. The van der Waals surface area contributed by atoms with Gasteiger partial charge < -0.3 is 0 Å². The second kappa shape index (κ2) is 14.5. The van der Waals surface area contributed by atoms with Gasteiger partial charge in [-0.2, -0.15) is 0 Å².